The second-order valence-corrected chi connectivity index (χ2v) is 5.20. The lowest BCUT2D eigenvalue weighted by molar-refractivity contribution is 0.0767. The van der Waals surface area contributed by atoms with E-state index in [0.29, 0.717) is 31.0 Å². The highest BCUT2D eigenvalue weighted by atomic mass is 35.5. The van der Waals surface area contributed by atoms with Gasteiger partial charge in [0.1, 0.15) is 0 Å². The quantitative estimate of drug-likeness (QED) is 0.808. The van der Waals surface area contributed by atoms with E-state index in [2.05, 4.69) is 5.10 Å². The maximum atomic E-state index is 12.4. The normalized spacial score (nSPS) is 12.5. The number of aryl methyl sites for hydroxylation is 2. The molecular weight excluding hydrogens is 266 g/mol. The number of hydrogen-bond acceptors (Lipinski definition) is 3. The predicted molar refractivity (Wildman–Crippen MR) is 75.7 cm³/mol. The zero-order chi connectivity index (χ0) is 14.6. The first-order chi connectivity index (χ1) is 8.88. The molecule has 1 amide bonds. The topological polar surface area (TPSA) is 58.4 Å². The van der Waals surface area contributed by atoms with Crippen molar-refractivity contribution in [2.75, 3.05) is 19.5 Å². The summed E-state index contributed by atoms with van der Waals surface area (Å²) in [6.45, 7) is 6.54. The minimum Gasteiger partial charge on any atom is -0.393 e. The lowest BCUT2D eigenvalue weighted by atomic mass is 10.1. The van der Waals surface area contributed by atoms with Crippen molar-refractivity contribution >= 4 is 17.5 Å². The van der Waals surface area contributed by atoms with Crippen LogP contribution in [0.25, 0.3) is 0 Å². The van der Waals surface area contributed by atoms with Crippen molar-refractivity contribution in [1.29, 1.82) is 0 Å². The molecular formula is C13H22ClN3O2. The monoisotopic (exact) mass is 287 g/mol. The number of carbonyl (C=O) groups excluding carboxylic acids is 1. The van der Waals surface area contributed by atoms with Crippen LogP contribution < -0.4 is 0 Å². The third kappa shape index (κ3) is 3.94. The van der Waals surface area contributed by atoms with Crippen LogP contribution in [0.1, 0.15) is 35.1 Å². The van der Waals surface area contributed by atoms with Gasteiger partial charge in [0, 0.05) is 25.2 Å². The largest absolute Gasteiger partial charge is 0.393 e. The zero-order valence-corrected chi connectivity index (χ0v) is 12.7. The van der Waals surface area contributed by atoms with Crippen molar-refractivity contribution in [1.82, 2.24) is 14.7 Å². The minimum absolute atomic E-state index is 0.0588. The standard InChI is InChI=1S/C13H22ClN3O2/c1-9(18)5-7-16(4)13(19)12-10(2)15-17(8-6-14)11(12)3/h9,18H,5-8H2,1-4H3. The molecule has 0 aliphatic heterocycles. The number of hydrogen-bond donors (Lipinski definition) is 1. The summed E-state index contributed by atoms with van der Waals surface area (Å²) in [4.78, 5) is 14.0. The third-order valence-electron chi connectivity index (χ3n) is 3.12. The summed E-state index contributed by atoms with van der Waals surface area (Å²) < 4.78 is 1.76. The molecule has 1 atom stereocenters. The summed E-state index contributed by atoms with van der Waals surface area (Å²) in [5.41, 5.74) is 2.20. The van der Waals surface area contributed by atoms with Gasteiger partial charge in [0.05, 0.1) is 23.9 Å². The molecule has 5 nitrogen and oxygen atoms in total. The number of aliphatic hydroxyl groups excluding tert-OH is 1. The van der Waals surface area contributed by atoms with E-state index in [1.165, 1.54) is 0 Å². The number of halogens is 1. The number of aliphatic hydroxyl groups is 1. The number of aromatic nitrogens is 2. The van der Waals surface area contributed by atoms with Gasteiger partial charge in [-0.2, -0.15) is 5.10 Å². The summed E-state index contributed by atoms with van der Waals surface area (Å²) in [6, 6.07) is 0. The average molecular weight is 288 g/mol. The van der Waals surface area contributed by atoms with Crippen molar-refractivity contribution in [2.24, 2.45) is 0 Å². The Hall–Kier alpha value is -1.07. The Morgan fingerprint density at radius 3 is 2.68 bits per heavy atom. The maximum Gasteiger partial charge on any atom is 0.257 e. The van der Waals surface area contributed by atoms with Gasteiger partial charge in [-0.1, -0.05) is 0 Å². The molecule has 1 aromatic heterocycles. The molecule has 1 unspecified atom stereocenters. The van der Waals surface area contributed by atoms with Crippen LogP contribution in [-0.2, 0) is 6.54 Å². The molecule has 1 N–H and O–H groups in total. The smallest absolute Gasteiger partial charge is 0.257 e. The van der Waals surface area contributed by atoms with Crippen LogP contribution in [0.3, 0.4) is 0 Å². The van der Waals surface area contributed by atoms with Crippen molar-refractivity contribution in [3.63, 3.8) is 0 Å². The van der Waals surface area contributed by atoms with Gasteiger partial charge in [0.25, 0.3) is 5.91 Å². The molecule has 0 aliphatic carbocycles. The third-order valence-corrected chi connectivity index (χ3v) is 3.29. The number of amides is 1. The number of rotatable bonds is 6. The fourth-order valence-corrected chi connectivity index (χ4v) is 2.14. The summed E-state index contributed by atoms with van der Waals surface area (Å²) in [5, 5.41) is 13.6. The van der Waals surface area contributed by atoms with Gasteiger partial charge >= 0.3 is 0 Å². The summed E-state index contributed by atoms with van der Waals surface area (Å²) in [5.74, 6) is 0.407. The minimum atomic E-state index is -0.406. The summed E-state index contributed by atoms with van der Waals surface area (Å²) in [7, 11) is 1.74. The molecule has 0 saturated carbocycles. The molecule has 0 spiro atoms. The first kappa shape index (κ1) is 16.0. The second-order valence-electron chi connectivity index (χ2n) is 4.82. The zero-order valence-electron chi connectivity index (χ0n) is 12.0. The fourth-order valence-electron chi connectivity index (χ4n) is 1.98. The Morgan fingerprint density at radius 2 is 2.16 bits per heavy atom. The van der Waals surface area contributed by atoms with E-state index in [4.69, 9.17) is 11.6 Å². The van der Waals surface area contributed by atoms with Gasteiger partial charge in [-0.05, 0) is 27.2 Å². The molecule has 1 aromatic rings. The Bertz CT molecular complexity index is 443. The molecule has 0 bridgehead atoms. The number of nitrogens with zero attached hydrogens (tertiary/aromatic N) is 3. The lowest BCUT2D eigenvalue weighted by Gasteiger charge is -2.18. The van der Waals surface area contributed by atoms with Gasteiger partial charge in [-0.15, -0.1) is 11.6 Å². The van der Waals surface area contributed by atoms with E-state index < -0.39 is 6.10 Å². The van der Waals surface area contributed by atoms with Crippen LogP contribution in [0.5, 0.6) is 0 Å². The van der Waals surface area contributed by atoms with Crippen molar-refractivity contribution in [3.05, 3.63) is 17.0 Å². The highest BCUT2D eigenvalue weighted by Crippen LogP contribution is 2.15. The van der Waals surface area contributed by atoms with Crippen LogP contribution in [0.2, 0.25) is 0 Å². The van der Waals surface area contributed by atoms with Crippen LogP contribution >= 0.6 is 11.6 Å². The van der Waals surface area contributed by atoms with Crippen LogP contribution in [0.4, 0.5) is 0 Å². The van der Waals surface area contributed by atoms with E-state index >= 15 is 0 Å². The molecule has 0 fully saturated rings. The molecule has 1 heterocycles. The maximum absolute atomic E-state index is 12.4. The predicted octanol–water partition coefficient (Wildman–Crippen LogP) is 1.58. The van der Waals surface area contributed by atoms with Gasteiger partial charge < -0.3 is 10.0 Å². The Labute approximate surface area is 119 Å². The summed E-state index contributed by atoms with van der Waals surface area (Å²) in [6.07, 6.45) is 0.160. The first-order valence-electron chi connectivity index (χ1n) is 6.42. The average Bonchev–Trinajstić information content (AvgIpc) is 2.61. The Balaban J connectivity index is 2.87. The van der Waals surface area contributed by atoms with E-state index in [1.54, 1.807) is 23.6 Å². The van der Waals surface area contributed by atoms with E-state index in [1.807, 2.05) is 13.8 Å². The number of carbonyl (C=O) groups is 1. The van der Waals surface area contributed by atoms with Crippen LogP contribution in [-0.4, -0.2) is 51.3 Å². The van der Waals surface area contributed by atoms with Gasteiger partial charge in [0.2, 0.25) is 0 Å². The molecule has 0 aromatic carbocycles. The van der Waals surface area contributed by atoms with Crippen molar-refractivity contribution in [2.45, 2.75) is 39.8 Å². The van der Waals surface area contributed by atoms with Crippen molar-refractivity contribution in [3.8, 4) is 0 Å². The number of alkyl halides is 1. The van der Waals surface area contributed by atoms with Gasteiger partial charge in [-0.25, -0.2) is 0 Å². The lowest BCUT2D eigenvalue weighted by Crippen LogP contribution is -2.30. The molecule has 1 rings (SSSR count). The van der Waals surface area contributed by atoms with E-state index in [9.17, 15) is 9.90 Å². The van der Waals surface area contributed by atoms with Crippen LogP contribution in [0.15, 0.2) is 0 Å². The second kappa shape index (κ2) is 6.91. The first-order valence-corrected chi connectivity index (χ1v) is 6.95. The molecule has 0 saturated heterocycles. The Kier molecular flexibility index (Phi) is 5.82. The van der Waals surface area contributed by atoms with E-state index in [0.717, 1.165) is 11.4 Å². The molecule has 19 heavy (non-hydrogen) atoms. The van der Waals surface area contributed by atoms with Gasteiger partial charge in [-0.3, -0.25) is 9.48 Å². The molecule has 6 heteroatoms. The summed E-state index contributed by atoms with van der Waals surface area (Å²) >= 11 is 5.71. The van der Waals surface area contributed by atoms with Gasteiger partial charge in [0.15, 0.2) is 0 Å². The molecule has 0 aliphatic rings. The van der Waals surface area contributed by atoms with Crippen LogP contribution in [0, 0.1) is 13.8 Å². The Morgan fingerprint density at radius 1 is 1.53 bits per heavy atom. The SMILES string of the molecule is Cc1nn(CCCl)c(C)c1C(=O)N(C)CCC(C)O. The highest BCUT2D eigenvalue weighted by Gasteiger charge is 2.21. The molecule has 108 valence electrons. The van der Waals surface area contributed by atoms with Crippen molar-refractivity contribution < 1.29 is 9.90 Å². The fraction of sp³-hybridized carbons (Fsp3) is 0.692. The van der Waals surface area contributed by atoms with E-state index in [-0.39, 0.29) is 5.91 Å². The highest BCUT2D eigenvalue weighted by molar-refractivity contribution is 6.17. The molecule has 0 radical (unpaired) electrons.